The average molecular weight is 404 g/mol. The van der Waals surface area contributed by atoms with E-state index in [1.165, 1.54) is 30.4 Å². The van der Waals surface area contributed by atoms with E-state index >= 15 is 0 Å². The Morgan fingerprint density at radius 2 is 1.79 bits per heavy atom. The second-order valence-corrected chi connectivity index (χ2v) is 7.86. The van der Waals surface area contributed by atoms with Crippen molar-refractivity contribution < 1.29 is 4.74 Å². The molecule has 0 bridgehead atoms. The number of hydrogen-bond donors (Lipinski definition) is 0. The Morgan fingerprint density at radius 1 is 1.00 bits per heavy atom. The summed E-state index contributed by atoms with van der Waals surface area (Å²) in [7, 11) is 0. The summed E-state index contributed by atoms with van der Waals surface area (Å²) in [4.78, 5) is 4.71. The molecule has 0 aliphatic rings. The van der Waals surface area contributed by atoms with Crippen molar-refractivity contribution in [3.63, 3.8) is 0 Å². The van der Waals surface area contributed by atoms with E-state index in [1.54, 1.807) is 11.3 Å². The van der Waals surface area contributed by atoms with E-state index in [0.29, 0.717) is 0 Å². The highest BCUT2D eigenvalue weighted by Gasteiger charge is 2.07. The van der Waals surface area contributed by atoms with Gasteiger partial charge in [0, 0.05) is 10.0 Å². The lowest BCUT2D eigenvalue weighted by Crippen LogP contribution is -1.97. The molecule has 126 valence electrons. The van der Waals surface area contributed by atoms with Crippen molar-refractivity contribution in [2.75, 3.05) is 6.61 Å². The molecule has 24 heavy (non-hydrogen) atoms. The van der Waals surface area contributed by atoms with E-state index in [4.69, 9.17) is 9.72 Å². The molecule has 0 radical (unpaired) electrons. The van der Waals surface area contributed by atoms with Gasteiger partial charge in [0.2, 0.25) is 0 Å². The third-order valence-electron chi connectivity index (χ3n) is 3.97. The number of hydrogen-bond acceptors (Lipinski definition) is 3. The fourth-order valence-corrected chi connectivity index (χ4v) is 4.13. The molecule has 0 amide bonds. The predicted octanol–water partition coefficient (Wildman–Crippen LogP) is 7.08. The molecule has 2 nitrogen and oxygen atoms in total. The van der Waals surface area contributed by atoms with Gasteiger partial charge >= 0.3 is 0 Å². The highest BCUT2D eigenvalue weighted by molar-refractivity contribution is 9.10. The van der Waals surface area contributed by atoms with Crippen molar-refractivity contribution in [1.82, 2.24) is 4.98 Å². The molecule has 0 atom stereocenters. The number of nitrogens with zero attached hydrogens (tertiary/aromatic N) is 1. The van der Waals surface area contributed by atoms with Crippen LogP contribution in [0.25, 0.3) is 20.8 Å². The minimum Gasteiger partial charge on any atom is -0.494 e. The molecule has 0 aliphatic heterocycles. The van der Waals surface area contributed by atoms with Gasteiger partial charge in [-0.15, -0.1) is 11.3 Å². The third kappa shape index (κ3) is 4.58. The molecule has 0 spiro atoms. The van der Waals surface area contributed by atoms with Gasteiger partial charge in [-0.25, -0.2) is 4.98 Å². The summed E-state index contributed by atoms with van der Waals surface area (Å²) in [5, 5.41) is 1.05. The van der Waals surface area contributed by atoms with Gasteiger partial charge in [-0.05, 0) is 48.9 Å². The van der Waals surface area contributed by atoms with Crippen LogP contribution in [-0.2, 0) is 0 Å². The molecule has 2 aromatic carbocycles. The number of thiazole rings is 1. The maximum absolute atomic E-state index is 5.83. The summed E-state index contributed by atoms with van der Waals surface area (Å²) in [6, 6.07) is 14.5. The Kier molecular flexibility index (Phi) is 6.27. The van der Waals surface area contributed by atoms with Crippen LogP contribution in [-0.4, -0.2) is 11.6 Å². The lowest BCUT2D eigenvalue weighted by atomic mass is 10.2. The minimum absolute atomic E-state index is 0.804. The van der Waals surface area contributed by atoms with Gasteiger partial charge in [-0.3, -0.25) is 0 Å². The SMILES string of the molecule is CCCCCCCOc1ccc(-c2nc3ccc(Br)cc3s2)cc1. The monoisotopic (exact) mass is 403 g/mol. The number of rotatable bonds is 8. The normalized spacial score (nSPS) is 11.1. The zero-order valence-electron chi connectivity index (χ0n) is 13.9. The molecular weight excluding hydrogens is 382 g/mol. The molecule has 0 aliphatic carbocycles. The Hall–Kier alpha value is -1.39. The van der Waals surface area contributed by atoms with Crippen molar-refractivity contribution in [2.24, 2.45) is 0 Å². The number of fused-ring (bicyclic) bond motifs is 1. The van der Waals surface area contributed by atoms with Crippen molar-refractivity contribution in [2.45, 2.75) is 39.0 Å². The van der Waals surface area contributed by atoms with Crippen LogP contribution in [0.1, 0.15) is 39.0 Å². The topological polar surface area (TPSA) is 22.1 Å². The summed E-state index contributed by atoms with van der Waals surface area (Å²) in [6.07, 6.45) is 6.31. The van der Waals surface area contributed by atoms with Crippen molar-refractivity contribution >= 4 is 37.5 Å². The summed E-state index contributed by atoms with van der Waals surface area (Å²) >= 11 is 5.23. The van der Waals surface area contributed by atoms with Crippen LogP contribution < -0.4 is 4.74 Å². The van der Waals surface area contributed by atoms with Crippen molar-refractivity contribution in [3.05, 3.63) is 46.9 Å². The van der Waals surface area contributed by atoms with Crippen LogP contribution in [0.4, 0.5) is 0 Å². The second-order valence-electron chi connectivity index (χ2n) is 5.92. The first-order valence-electron chi connectivity index (χ1n) is 8.55. The predicted molar refractivity (Wildman–Crippen MR) is 107 cm³/mol. The van der Waals surface area contributed by atoms with E-state index in [1.807, 2.05) is 18.2 Å². The van der Waals surface area contributed by atoms with E-state index in [-0.39, 0.29) is 0 Å². The van der Waals surface area contributed by atoms with E-state index < -0.39 is 0 Å². The Labute approximate surface area is 156 Å². The first-order valence-corrected chi connectivity index (χ1v) is 10.2. The maximum atomic E-state index is 5.83. The first kappa shape index (κ1) is 17.4. The van der Waals surface area contributed by atoms with Gasteiger partial charge in [0.15, 0.2) is 0 Å². The molecule has 0 fully saturated rings. The molecular formula is C20H22BrNOS. The Balaban J connectivity index is 1.59. The van der Waals surface area contributed by atoms with Gasteiger partial charge in [0.25, 0.3) is 0 Å². The number of unbranched alkanes of at least 4 members (excludes halogenated alkanes) is 4. The molecule has 0 saturated carbocycles. The Morgan fingerprint density at radius 3 is 2.58 bits per heavy atom. The standard InChI is InChI=1S/C20H22BrNOS/c1-2-3-4-5-6-13-23-17-10-7-15(8-11-17)20-22-18-12-9-16(21)14-19(18)24-20/h7-12,14H,2-6,13H2,1H3. The number of aromatic nitrogens is 1. The van der Waals surface area contributed by atoms with Crippen LogP contribution >= 0.6 is 27.3 Å². The molecule has 0 N–H and O–H groups in total. The largest absolute Gasteiger partial charge is 0.494 e. The highest BCUT2D eigenvalue weighted by atomic mass is 79.9. The van der Waals surface area contributed by atoms with Crippen LogP contribution in [0.5, 0.6) is 5.75 Å². The molecule has 1 aromatic heterocycles. The quantitative estimate of drug-likeness (QED) is 0.375. The molecule has 0 saturated heterocycles. The average Bonchev–Trinajstić information content (AvgIpc) is 3.01. The summed E-state index contributed by atoms with van der Waals surface area (Å²) in [6.45, 7) is 3.04. The zero-order chi connectivity index (χ0) is 16.8. The molecule has 1 heterocycles. The second kappa shape index (κ2) is 8.63. The summed E-state index contributed by atoms with van der Waals surface area (Å²) in [5.74, 6) is 0.943. The highest BCUT2D eigenvalue weighted by Crippen LogP contribution is 2.32. The van der Waals surface area contributed by atoms with Crippen molar-refractivity contribution in [3.8, 4) is 16.3 Å². The van der Waals surface area contributed by atoms with Gasteiger partial charge < -0.3 is 4.74 Å². The lowest BCUT2D eigenvalue weighted by molar-refractivity contribution is 0.304. The van der Waals surface area contributed by atoms with Crippen molar-refractivity contribution in [1.29, 1.82) is 0 Å². The zero-order valence-corrected chi connectivity index (χ0v) is 16.3. The number of ether oxygens (including phenoxy) is 1. The Bertz CT molecular complexity index is 782. The minimum atomic E-state index is 0.804. The smallest absolute Gasteiger partial charge is 0.124 e. The lowest BCUT2D eigenvalue weighted by Gasteiger charge is -2.06. The number of benzene rings is 2. The molecule has 4 heteroatoms. The van der Waals surface area contributed by atoms with Crippen LogP contribution in [0.3, 0.4) is 0 Å². The van der Waals surface area contributed by atoms with Gasteiger partial charge in [0.05, 0.1) is 16.8 Å². The molecule has 3 rings (SSSR count). The van der Waals surface area contributed by atoms with E-state index in [9.17, 15) is 0 Å². The van der Waals surface area contributed by atoms with E-state index in [0.717, 1.165) is 39.3 Å². The third-order valence-corrected chi connectivity index (χ3v) is 5.53. The van der Waals surface area contributed by atoms with E-state index in [2.05, 4.69) is 47.1 Å². The first-order chi connectivity index (χ1) is 11.8. The fourth-order valence-electron chi connectivity index (χ4n) is 2.61. The van der Waals surface area contributed by atoms with Gasteiger partial charge in [0.1, 0.15) is 10.8 Å². The number of halogens is 1. The molecule has 3 aromatic rings. The molecule has 0 unspecified atom stereocenters. The summed E-state index contributed by atoms with van der Waals surface area (Å²) < 4.78 is 8.12. The maximum Gasteiger partial charge on any atom is 0.124 e. The van der Waals surface area contributed by atoms with Crippen LogP contribution in [0, 0.1) is 0 Å². The summed E-state index contributed by atoms with van der Waals surface area (Å²) in [5.41, 5.74) is 2.19. The fraction of sp³-hybridized carbons (Fsp3) is 0.350. The van der Waals surface area contributed by atoms with Crippen LogP contribution in [0.15, 0.2) is 46.9 Å². The van der Waals surface area contributed by atoms with Gasteiger partial charge in [-0.2, -0.15) is 0 Å². The van der Waals surface area contributed by atoms with Gasteiger partial charge in [-0.1, -0.05) is 48.5 Å². The van der Waals surface area contributed by atoms with Crippen LogP contribution in [0.2, 0.25) is 0 Å².